The molecule has 9 heteroatoms. The zero-order valence-corrected chi connectivity index (χ0v) is 16.2. The Labute approximate surface area is 159 Å². The molecule has 140 valence electrons. The number of ether oxygens (including phenoxy) is 3. The molecule has 1 saturated heterocycles. The summed E-state index contributed by atoms with van der Waals surface area (Å²) in [5, 5.41) is 2.56. The topological polar surface area (TPSA) is 94.2 Å². The number of hydrogen-bond donors (Lipinski definition) is 1. The Morgan fingerprint density at radius 2 is 2.00 bits per heavy atom. The lowest BCUT2D eigenvalue weighted by atomic mass is 10.1. The molecule has 0 unspecified atom stereocenters. The van der Waals surface area contributed by atoms with Crippen molar-refractivity contribution >= 4 is 39.9 Å². The van der Waals surface area contributed by atoms with Gasteiger partial charge in [0.25, 0.3) is 5.91 Å². The molecular formula is C17H19BrN2O6. The number of nitrogens with one attached hydrogen (secondary N) is 1. The molecule has 0 radical (unpaired) electrons. The molecule has 0 atom stereocenters. The molecule has 1 N–H and O–H groups in total. The van der Waals surface area contributed by atoms with Gasteiger partial charge in [-0.2, -0.15) is 0 Å². The maximum Gasteiger partial charge on any atom is 0.343 e. The van der Waals surface area contributed by atoms with Crippen molar-refractivity contribution in [2.24, 2.45) is 0 Å². The summed E-state index contributed by atoms with van der Waals surface area (Å²) in [7, 11) is 2.72. The fourth-order valence-corrected chi connectivity index (χ4v) is 2.72. The van der Waals surface area contributed by atoms with Gasteiger partial charge in [0.2, 0.25) is 0 Å². The van der Waals surface area contributed by atoms with Crippen LogP contribution in [0.25, 0.3) is 6.08 Å². The Balaban J connectivity index is 2.29. The zero-order chi connectivity index (χ0) is 19.3. The summed E-state index contributed by atoms with van der Waals surface area (Å²) in [6.45, 7) is 1.98. The number of carbonyl (C=O) groups is 3. The van der Waals surface area contributed by atoms with E-state index in [9.17, 15) is 14.4 Å². The van der Waals surface area contributed by atoms with E-state index in [1.807, 2.05) is 6.92 Å². The number of amides is 3. The SMILES string of the molecule is CCCN1C(=O)N/C(=C/c2cc(OC)c(OCC(=O)OC)cc2Br)C1=O. The maximum absolute atomic E-state index is 12.3. The molecule has 0 aromatic heterocycles. The Morgan fingerprint density at radius 1 is 1.27 bits per heavy atom. The molecule has 1 heterocycles. The molecule has 26 heavy (non-hydrogen) atoms. The Bertz CT molecular complexity index is 762. The number of benzene rings is 1. The molecule has 2 rings (SSSR count). The second-order valence-corrected chi connectivity index (χ2v) is 6.19. The summed E-state index contributed by atoms with van der Waals surface area (Å²) < 4.78 is 15.8. The average Bonchev–Trinajstić information content (AvgIpc) is 2.89. The van der Waals surface area contributed by atoms with Crippen LogP contribution < -0.4 is 14.8 Å². The van der Waals surface area contributed by atoms with E-state index < -0.39 is 12.0 Å². The van der Waals surface area contributed by atoms with Crippen LogP contribution in [0.3, 0.4) is 0 Å². The Kier molecular flexibility index (Phi) is 6.62. The largest absolute Gasteiger partial charge is 0.493 e. The molecule has 0 spiro atoms. The van der Waals surface area contributed by atoms with Gasteiger partial charge in [-0.15, -0.1) is 0 Å². The minimum absolute atomic E-state index is 0.175. The van der Waals surface area contributed by atoms with Gasteiger partial charge in [0.1, 0.15) is 5.70 Å². The molecular weight excluding hydrogens is 408 g/mol. The predicted molar refractivity (Wildman–Crippen MR) is 96.7 cm³/mol. The highest BCUT2D eigenvalue weighted by molar-refractivity contribution is 9.10. The van der Waals surface area contributed by atoms with Crippen molar-refractivity contribution in [2.45, 2.75) is 13.3 Å². The summed E-state index contributed by atoms with van der Waals surface area (Å²) in [4.78, 5) is 36.6. The molecule has 1 fully saturated rings. The van der Waals surface area contributed by atoms with E-state index in [0.29, 0.717) is 34.5 Å². The van der Waals surface area contributed by atoms with Crippen molar-refractivity contribution in [3.63, 3.8) is 0 Å². The van der Waals surface area contributed by atoms with Crippen LogP contribution in [0.1, 0.15) is 18.9 Å². The van der Waals surface area contributed by atoms with Gasteiger partial charge in [0.05, 0.1) is 14.2 Å². The van der Waals surface area contributed by atoms with Crippen molar-refractivity contribution in [1.29, 1.82) is 0 Å². The van der Waals surface area contributed by atoms with Crippen LogP contribution in [0.2, 0.25) is 0 Å². The van der Waals surface area contributed by atoms with Gasteiger partial charge in [-0.25, -0.2) is 9.59 Å². The summed E-state index contributed by atoms with van der Waals surface area (Å²) in [5.41, 5.74) is 0.781. The van der Waals surface area contributed by atoms with Crippen LogP contribution in [0, 0.1) is 0 Å². The smallest absolute Gasteiger partial charge is 0.343 e. The van der Waals surface area contributed by atoms with Gasteiger partial charge in [-0.05, 0) is 30.2 Å². The second-order valence-electron chi connectivity index (χ2n) is 5.33. The van der Waals surface area contributed by atoms with E-state index in [1.54, 1.807) is 18.2 Å². The molecule has 0 saturated carbocycles. The molecule has 0 bridgehead atoms. The van der Waals surface area contributed by atoms with E-state index in [2.05, 4.69) is 26.0 Å². The average molecular weight is 427 g/mol. The molecule has 1 aliphatic heterocycles. The second kappa shape index (κ2) is 8.70. The zero-order valence-electron chi connectivity index (χ0n) is 14.6. The Hall–Kier alpha value is -2.55. The van der Waals surface area contributed by atoms with Crippen LogP contribution in [0.5, 0.6) is 11.5 Å². The maximum atomic E-state index is 12.3. The normalized spacial score (nSPS) is 15.2. The minimum atomic E-state index is -0.523. The minimum Gasteiger partial charge on any atom is -0.493 e. The molecule has 0 aliphatic carbocycles. The number of methoxy groups -OCH3 is 2. The third-order valence-electron chi connectivity index (χ3n) is 3.57. The van der Waals surface area contributed by atoms with Crippen LogP contribution >= 0.6 is 15.9 Å². The van der Waals surface area contributed by atoms with E-state index in [4.69, 9.17) is 9.47 Å². The Morgan fingerprint density at radius 3 is 2.62 bits per heavy atom. The molecule has 1 aromatic rings. The molecule has 1 aromatic carbocycles. The fraction of sp³-hybridized carbons (Fsp3) is 0.353. The van der Waals surface area contributed by atoms with Crippen LogP contribution in [-0.4, -0.2) is 50.2 Å². The first-order chi connectivity index (χ1) is 12.4. The molecule has 3 amide bonds. The van der Waals surface area contributed by atoms with Gasteiger partial charge in [0.15, 0.2) is 18.1 Å². The third-order valence-corrected chi connectivity index (χ3v) is 4.25. The monoisotopic (exact) mass is 426 g/mol. The first-order valence-electron chi connectivity index (χ1n) is 7.83. The molecule has 8 nitrogen and oxygen atoms in total. The van der Waals surface area contributed by atoms with Crippen molar-refractivity contribution in [3.8, 4) is 11.5 Å². The van der Waals surface area contributed by atoms with Crippen molar-refractivity contribution in [1.82, 2.24) is 10.2 Å². The summed E-state index contributed by atoms with van der Waals surface area (Å²) >= 11 is 3.39. The van der Waals surface area contributed by atoms with Gasteiger partial charge in [-0.1, -0.05) is 22.9 Å². The lowest BCUT2D eigenvalue weighted by Crippen LogP contribution is -2.31. The highest BCUT2D eigenvalue weighted by Crippen LogP contribution is 2.35. The number of halogens is 1. The van der Waals surface area contributed by atoms with E-state index in [0.717, 1.165) is 4.90 Å². The van der Waals surface area contributed by atoms with Crippen molar-refractivity contribution in [2.75, 3.05) is 27.4 Å². The number of rotatable bonds is 7. The standard InChI is InChI=1S/C17H19BrN2O6/c1-4-5-20-16(22)12(19-17(20)23)6-10-7-13(24-2)14(8-11(10)18)26-9-15(21)25-3/h6-8H,4-5,9H2,1-3H3,(H,19,23)/b12-6+. The summed E-state index contributed by atoms with van der Waals surface area (Å²) in [6, 6.07) is 2.80. The van der Waals surface area contributed by atoms with Gasteiger partial charge in [-0.3, -0.25) is 9.69 Å². The van der Waals surface area contributed by atoms with E-state index >= 15 is 0 Å². The number of urea groups is 1. The summed E-state index contributed by atoms with van der Waals surface area (Å²) in [5.74, 6) is -0.203. The number of nitrogens with zero attached hydrogens (tertiary/aromatic N) is 1. The quantitative estimate of drug-likeness (QED) is 0.408. The van der Waals surface area contributed by atoms with E-state index in [1.165, 1.54) is 14.2 Å². The lowest BCUT2D eigenvalue weighted by Gasteiger charge is -2.12. The summed E-state index contributed by atoms with van der Waals surface area (Å²) in [6.07, 6.45) is 2.22. The number of esters is 1. The number of imide groups is 1. The van der Waals surface area contributed by atoms with Gasteiger partial charge >= 0.3 is 12.0 Å². The fourth-order valence-electron chi connectivity index (χ4n) is 2.28. The first-order valence-corrected chi connectivity index (χ1v) is 8.62. The van der Waals surface area contributed by atoms with Crippen LogP contribution in [0.15, 0.2) is 22.3 Å². The number of carbonyl (C=O) groups excluding carboxylic acids is 3. The van der Waals surface area contributed by atoms with Gasteiger partial charge in [0, 0.05) is 11.0 Å². The predicted octanol–water partition coefficient (Wildman–Crippen LogP) is 2.31. The highest BCUT2D eigenvalue weighted by atomic mass is 79.9. The van der Waals surface area contributed by atoms with Crippen molar-refractivity contribution < 1.29 is 28.6 Å². The van der Waals surface area contributed by atoms with Crippen LogP contribution in [0.4, 0.5) is 4.79 Å². The third kappa shape index (κ3) is 4.34. The molecule has 1 aliphatic rings. The highest BCUT2D eigenvalue weighted by Gasteiger charge is 2.32. The van der Waals surface area contributed by atoms with Crippen LogP contribution in [-0.2, 0) is 14.3 Å². The lowest BCUT2D eigenvalue weighted by molar-refractivity contribution is -0.142. The number of hydrogen-bond acceptors (Lipinski definition) is 6. The van der Waals surface area contributed by atoms with Gasteiger partial charge < -0.3 is 19.5 Å². The van der Waals surface area contributed by atoms with E-state index in [-0.39, 0.29) is 18.2 Å². The van der Waals surface area contributed by atoms with Crippen molar-refractivity contribution in [3.05, 3.63) is 27.9 Å². The first kappa shape index (κ1) is 19.8.